The zero-order chi connectivity index (χ0) is 20.7. The second kappa shape index (κ2) is 9.37. The van der Waals surface area contributed by atoms with E-state index in [1.165, 1.54) is 12.1 Å². The Morgan fingerprint density at radius 2 is 1.71 bits per heavy atom. The summed E-state index contributed by atoms with van der Waals surface area (Å²) in [6.45, 7) is 2.40. The van der Waals surface area contributed by atoms with E-state index in [0.717, 1.165) is 41.3 Å². The highest BCUT2D eigenvalue weighted by molar-refractivity contribution is 6.02. The van der Waals surface area contributed by atoms with E-state index in [1.807, 2.05) is 12.1 Å². The SMILES string of the molecule is CCCCO.NC(=O)c1ccc2c(-c3ccc(C(F)(F)F)cc3)cccc2c1. The Morgan fingerprint density at radius 1 is 1.04 bits per heavy atom. The molecule has 28 heavy (non-hydrogen) atoms. The normalized spacial score (nSPS) is 11.0. The lowest BCUT2D eigenvalue weighted by atomic mass is 9.96. The van der Waals surface area contributed by atoms with Crippen molar-refractivity contribution in [2.75, 3.05) is 6.61 Å². The molecule has 0 aliphatic rings. The number of fused-ring (bicyclic) bond motifs is 1. The maximum Gasteiger partial charge on any atom is 0.416 e. The van der Waals surface area contributed by atoms with E-state index < -0.39 is 17.6 Å². The van der Waals surface area contributed by atoms with Gasteiger partial charge in [-0.2, -0.15) is 13.2 Å². The van der Waals surface area contributed by atoms with Crippen LogP contribution in [0.5, 0.6) is 0 Å². The Kier molecular flexibility index (Phi) is 7.18. The number of alkyl halides is 3. The molecular formula is C22H22F3NO2. The van der Waals surface area contributed by atoms with Gasteiger partial charge in [0.15, 0.2) is 0 Å². The van der Waals surface area contributed by atoms with E-state index in [9.17, 15) is 18.0 Å². The van der Waals surface area contributed by atoms with E-state index >= 15 is 0 Å². The summed E-state index contributed by atoms with van der Waals surface area (Å²) >= 11 is 0. The predicted octanol–water partition coefficient (Wildman–Crippen LogP) is 5.40. The number of amides is 1. The van der Waals surface area contributed by atoms with Crippen LogP contribution in [0, 0.1) is 0 Å². The Morgan fingerprint density at radius 3 is 2.21 bits per heavy atom. The van der Waals surface area contributed by atoms with Crippen molar-refractivity contribution in [3.63, 3.8) is 0 Å². The van der Waals surface area contributed by atoms with Crippen molar-refractivity contribution in [3.05, 3.63) is 71.8 Å². The maximum absolute atomic E-state index is 12.7. The molecule has 0 spiro atoms. The molecule has 3 nitrogen and oxygen atoms in total. The number of nitrogens with two attached hydrogens (primary N) is 1. The van der Waals surface area contributed by atoms with Crippen LogP contribution in [0.1, 0.15) is 35.7 Å². The molecule has 1 amide bonds. The lowest BCUT2D eigenvalue weighted by Crippen LogP contribution is -2.10. The summed E-state index contributed by atoms with van der Waals surface area (Å²) in [6.07, 6.45) is -2.32. The molecule has 0 saturated heterocycles. The second-order valence-corrected chi connectivity index (χ2v) is 6.26. The standard InChI is InChI=1S/C18H12F3NO.C4H10O/c19-18(20,21)14-7-4-11(5-8-14)15-3-1-2-12-10-13(17(22)23)6-9-16(12)15;1-2-3-4-5/h1-10H,(H2,22,23);5H,2-4H2,1H3. The fourth-order valence-electron chi connectivity index (χ4n) is 2.69. The number of unbranched alkanes of at least 4 members (excludes halogenated alkanes) is 1. The molecule has 0 saturated carbocycles. The molecular weight excluding hydrogens is 367 g/mol. The molecule has 148 valence electrons. The summed E-state index contributed by atoms with van der Waals surface area (Å²) < 4.78 is 38.0. The average Bonchev–Trinajstić information content (AvgIpc) is 2.67. The van der Waals surface area contributed by atoms with E-state index in [-0.39, 0.29) is 0 Å². The lowest BCUT2D eigenvalue weighted by Gasteiger charge is -2.10. The fraction of sp³-hybridized carbons (Fsp3) is 0.227. The number of hydrogen-bond acceptors (Lipinski definition) is 2. The molecule has 0 aliphatic carbocycles. The molecule has 3 aromatic rings. The van der Waals surface area contributed by atoms with Crippen molar-refractivity contribution in [1.82, 2.24) is 0 Å². The second-order valence-electron chi connectivity index (χ2n) is 6.26. The molecule has 6 heteroatoms. The third-order valence-corrected chi connectivity index (χ3v) is 4.20. The average molecular weight is 389 g/mol. The first kappa shape index (κ1) is 21.4. The van der Waals surface area contributed by atoms with Gasteiger partial charge < -0.3 is 10.8 Å². The zero-order valence-corrected chi connectivity index (χ0v) is 15.5. The van der Waals surface area contributed by atoms with Crippen LogP contribution >= 0.6 is 0 Å². The molecule has 3 N–H and O–H groups in total. The molecule has 0 atom stereocenters. The van der Waals surface area contributed by atoms with E-state index in [1.54, 1.807) is 24.3 Å². The topological polar surface area (TPSA) is 63.3 Å². The van der Waals surface area contributed by atoms with Crippen LogP contribution in [-0.2, 0) is 6.18 Å². The number of aliphatic hydroxyl groups excluding tert-OH is 1. The Labute approximate surface area is 161 Å². The third-order valence-electron chi connectivity index (χ3n) is 4.20. The molecule has 0 unspecified atom stereocenters. The quantitative estimate of drug-likeness (QED) is 0.627. The molecule has 0 bridgehead atoms. The van der Waals surface area contributed by atoms with Gasteiger partial charge in [0.05, 0.1) is 5.56 Å². The van der Waals surface area contributed by atoms with Gasteiger partial charge in [0, 0.05) is 12.2 Å². The molecule has 0 aliphatic heterocycles. The van der Waals surface area contributed by atoms with E-state index in [2.05, 4.69) is 6.92 Å². The van der Waals surface area contributed by atoms with Gasteiger partial charge in [0.1, 0.15) is 0 Å². The number of primary amides is 1. The number of hydrogen-bond donors (Lipinski definition) is 2. The summed E-state index contributed by atoms with van der Waals surface area (Å²) in [7, 11) is 0. The minimum absolute atomic E-state index is 0.344. The first-order valence-corrected chi connectivity index (χ1v) is 8.89. The van der Waals surface area contributed by atoms with Crippen LogP contribution in [0.2, 0.25) is 0 Å². The van der Waals surface area contributed by atoms with Gasteiger partial charge in [-0.15, -0.1) is 0 Å². The monoisotopic (exact) mass is 389 g/mol. The van der Waals surface area contributed by atoms with Crippen LogP contribution in [-0.4, -0.2) is 17.6 Å². The summed E-state index contributed by atoms with van der Waals surface area (Å²) in [5, 5.41) is 9.72. The van der Waals surface area contributed by atoms with Crippen molar-refractivity contribution >= 4 is 16.7 Å². The van der Waals surface area contributed by atoms with Gasteiger partial charge >= 0.3 is 6.18 Å². The van der Waals surface area contributed by atoms with Gasteiger partial charge in [0.25, 0.3) is 0 Å². The highest BCUT2D eigenvalue weighted by atomic mass is 19.4. The van der Waals surface area contributed by atoms with Gasteiger partial charge in [-0.3, -0.25) is 4.79 Å². The molecule has 0 fully saturated rings. The van der Waals surface area contributed by atoms with Gasteiger partial charge in [-0.25, -0.2) is 0 Å². The number of benzene rings is 3. The number of halogens is 3. The largest absolute Gasteiger partial charge is 0.416 e. The van der Waals surface area contributed by atoms with Gasteiger partial charge in [-0.1, -0.05) is 49.7 Å². The van der Waals surface area contributed by atoms with Crippen LogP contribution in [0.25, 0.3) is 21.9 Å². The number of aliphatic hydroxyl groups is 1. The number of rotatable bonds is 4. The molecule has 3 aromatic carbocycles. The van der Waals surface area contributed by atoms with Crippen molar-refractivity contribution in [2.45, 2.75) is 25.9 Å². The summed E-state index contributed by atoms with van der Waals surface area (Å²) in [5.74, 6) is -0.521. The summed E-state index contributed by atoms with van der Waals surface area (Å²) in [6, 6.07) is 15.5. The predicted molar refractivity (Wildman–Crippen MR) is 105 cm³/mol. The highest BCUT2D eigenvalue weighted by Gasteiger charge is 2.30. The minimum Gasteiger partial charge on any atom is -0.396 e. The molecule has 0 heterocycles. The molecule has 3 rings (SSSR count). The number of carbonyl (C=O) groups excluding carboxylic acids is 1. The van der Waals surface area contributed by atoms with Crippen molar-refractivity contribution < 1.29 is 23.1 Å². The maximum atomic E-state index is 12.7. The van der Waals surface area contributed by atoms with Crippen molar-refractivity contribution in [2.24, 2.45) is 5.73 Å². The summed E-state index contributed by atoms with van der Waals surface area (Å²) in [5.41, 5.74) is 6.45. The van der Waals surface area contributed by atoms with Crippen LogP contribution in [0.3, 0.4) is 0 Å². The van der Waals surface area contributed by atoms with Gasteiger partial charge in [0.2, 0.25) is 5.91 Å². The van der Waals surface area contributed by atoms with E-state index in [0.29, 0.717) is 17.7 Å². The lowest BCUT2D eigenvalue weighted by molar-refractivity contribution is -0.137. The van der Waals surface area contributed by atoms with Crippen molar-refractivity contribution in [1.29, 1.82) is 0 Å². The zero-order valence-electron chi connectivity index (χ0n) is 15.5. The first-order chi connectivity index (χ1) is 13.3. The Bertz CT molecular complexity index is 933. The molecule has 0 aromatic heterocycles. The van der Waals surface area contributed by atoms with E-state index in [4.69, 9.17) is 10.8 Å². The Hall–Kier alpha value is -2.86. The van der Waals surface area contributed by atoms with Crippen LogP contribution < -0.4 is 5.73 Å². The number of carbonyl (C=O) groups is 1. The van der Waals surface area contributed by atoms with Crippen molar-refractivity contribution in [3.8, 4) is 11.1 Å². The highest BCUT2D eigenvalue weighted by Crippen LogP contribution is 2.33. The smallest absolute Gasteiger partial charge is 0.396 e. The third kappa shape index (κ3) is 5.33. The molecule has 0 radical (unpaired) electrons. The summed E-state index contributed by atoms with van der Waals surface area (Å²) in [4.78, 5) is 11.2. The van der Waals surface area contributed by atoms with Crippen LogP contribution in [0.15, 0.2) is 60.7 Å². The Balaban J connectivity index is 0.000000500. The first-order valence-electron chi connectivity index (χ1n) is 8.89. The van der Waals surface area contributed by atoms with Crippen LogP contribution in [0.4, 0.5) is 13.2 Å². The minimum atomic E-state index is -4.35. The fourth-order valence-corrected chi connectivity index (χ4v) is 2.69. The van der Waals surface area contributed by atoms with Gasteiger partial charge in [-0.05, 0) is 52.6 Å².